The minimum absolute atomic E-state index is 0.0434. The number of nitrogens with one attached hydrogen (secondary N) is 1. The highest BCUT2D eigenvalue weighted by atomic mass is 16.2. The van der Waals surface area contributed by atoms with E-state index < -0.39 is 0 Å². The van der Waals surface area contributed by atoms with Crippen molar-refractivity contribution in [1.82, 2.24) is 10.3 Å². The number of imide groups is 1. The third-order valence-electron chi connectivity index (χ3n) is 3.94. The molecule has 0 aromatic carbocycles. The van der Waals surface area contributed by atoms with Gasteiger partial charge in [0.25, 0.3) is 11.8 Å². The van der Waals surface area contributed by atoms with Crippen LogP contribution in [-0.2, 0) is 14.4 Å². The lowest BCUT2D eigenvalue weighted by Crippen LogP contribution is -2.36. The summed E-state index contributed by atoms with van der Waals surface area (Å²) in [7, 11) is 0. The van der Waals surface area contributed by atoms with Crippen LogP contribution < -0.4 is 11.3 Å². The van der Waals surface area contributed by atoms with Gasteiger partial charge < -0.3 is 0 Å². The Bertz CT molecular complexity index is 401. The van der Waals surface area contributed by atoms with Gasteiger partial charge in [-0.1, -0.05) is 6.42 Å². The fraction of sp³-hybridized carbons (Fsp3) is 0.615. The van der Waals surface area contributed by atoms with Crippen molar-refractivity contribution in [3.05, 3.63) is 12.2 Å². The van der Waals surface area contributed by atoms with Gasteiger partial charge in [0.1, 0.15) is 0 Å². The molecule has 0 aromatic rings. The van der Waals surface area contributed by atoms with E-state index in [1.807, 2.05) is 0 Å². The highest BCUT2D eigenvalue weighted by Crippen LogP contribution is 2.28. The molecule has 6 nitrogen and oxygen atoms in total. The fourth-order valence-electron chi connectivity index (χ4n) is 2.81. The van der Waals surface area contributed by atoms with Crippen LogP contribution in [0.25, 0.3) is 0 Å². The summed E-state index contributed by atoms with van der Waals surface area (Å²) in [6.45, 7) is 0.460. The Hall–Kier alpha value is -1.69. The first-order valence-corrected chi connectivity index (χ1v) is 6.66. The summed E-state index contributed by atoms with van der Waals surface area (Å²) in [5.41, 5.74) is 2.20. The van der Waals surface area contributed by atoms with Crippen molar-refractivity contribution in [2.24, 2.45) is 17.7 Å². The van der Waals surface area contributed by atoms with E-state index in [9.17, 15) is 14.4 Å². The largest absolute Gasteiger partial charge is 0.294 e. The molecule has 1 aliphatic heterocycles. The second kappa shape index (κ2) is 5.97. The maximum absolute atomic E-state index is 11.5. The zero-order valence-electron chi connectivity index (χ0n) is 10.8. The molecule has 19 heavy (non-hydrogen) atoms. The van der Waals surface area contributed by atoms with Gasteiger partial charge in [-0.3, -0.25) is 24.7 Å². The number of hydrogen-bond acceptors (Lipinski definition) is 4. The summed E-state index contributed by atoms with van der Waals surface area (Å²) in [6, 6.07) is 0. The number of nitrogens with two attached hydrogens (primary N) is 1. The van der Waals surface area contributed by atoms with Crippen molar-refractivity contribution in [3.8, 4) is 0 Å². The summed E-state index contributed by atoms with van der Waals surface area (Å²) in [4.78, 5) is 35.8. The molecule has 0 aromatic heterocycles. The highest BCUT2D eigenvalue weighted by Gasteiger charge is 2.29. The first-order valence-electron chi connectivity index (χ1n) is 6.66. The molecule has 1 saturated carbocycles. The molecule has 1 fully saturated rings. The maximum atomic E-state index is 11.5. The minimum atomic E-state index is -0.231. The third-order valence-corrected chi connectivity index (χ3v) is 3.94. The Morgan fingerprint density at radius 2 is 1.89 bits per heavy atom. The standard InChI is InChI=1S/C13H19N3O3/c14-15-13(19)10-3-1-2-9(4-5-10)8-16-11(17)6-7-12(16)18/h6-7,9-10H,1-5,8,14H2,(H,15,19). The SMILES string of the molecule is NNC(=O)C1CCCC(CN2C(=O)C=CC2=O)CC1. The topological polar surface area (TPSA) is 92.5 Å². The first-order chi connectivity index (χ1) is 9.11. The molecule has 0 saturated heterocycles. The average Bonchev–Trinajstić information content (AvgIpc) is 2.62. The van der Waals surface area contributed by atoms with Crippen molar-refractivity contribution >= 4 is 17.7 Å². The van der Waals surface area contributed by atoms with E-state index in [0.29, 0.717) is 6.54 Å². The molecular weight excluding hydrogens is 246 g/mol. The molecule has 2 atom stereocenters. The second-order valence-electron chi connectivity index (χ2n) is 5.20. The molecule has 6 heteroatoms. The Balaban J connectivity index is 1.88. The van der Waals surface area contributed by atoms with Crippen LogP contribution >= 0.6 is 0 Å². The highest BCUT2D eigenvalue weighted by molar-refractivity contribution is 6.12. The molecular formula is C13H19N3O3. The maximum Gasteiger partial charge on any atom is 0.253 e. The van der Waals surface area contributed by atoms with Gasteiger partial charge in [-0.15, -0.1) is 0 Å². The lowest BCUT2D eigenvalue weighted by molar-refractivity contribution is -0.137. The summed E-state index contributed by atoms with van der Waals surface area (Å²) in [5, 5.41) is 0. The molecule has 1 aliphatic carbocycles. The smallest absolute Gasteiger partial charge is 0.253 e. The molecule has 3 amide bonds. The van der Waals surface area contributed by atoms with Crippen molar-refractivity contribution in [2.45, 2.75) is 32.1 Å². The molecule has 0 spiro atoms. The Morgan fingerprint density at radius 1 is 1.21 bits per heavy atom. The molecule has 0 bridgehead atoms. The summed E-state index contributed by atoms with van der Waals surface area (Å²) in [6.07, 6.45) is 6.90. The predicted molar refractivity (Wildman–Crippen MR) is 68.3 cm³/mol. The van der Waals surface area contributed by atoms with Crippen LogP contribution in [0.15, 0.2) is 12.2 Å². The molecule has 2 unspecified atom stereocenters. The minimum Gasteiger partial charge on any atom is -0.294 e. The lowest BCUT2D eigenvalue weighted by atomic mass is 9.97. The molecule has 0 radical (unpaired) electrons. The third kappa shape index (κ3) is 3.20. The van der Waals surface area contributed by atoms with Gasteiger partial charge >= 0.3 is 0 Å². The quantitative estimate of drug-likeness (QED) is 0.249. The van der Waals surface area contributed by atoms with Crippen molar-refractivity contribution < 1.29 is 14.4 Å². The van der Waals surface area contributed by atoms with Crippen molar-refractivity contribution in [3.63, 3.8) is 0 Å². The Kier molecular flexibility index (Phi) is 4.31. The lowest BCUT2D eigenvalue weighted by Gasteiger charge is -2.21. The van der Waals surface area contributed by atoms with Crippen LogP contribution in [0.3, 0.4) is 0 Å². The molecule has 2 aliphatic rings. The van der Waals surface area contributed by atoms with E-state index >= 15 is 0 Å². The van der Waals surface area contributed by atoms with Crippen LogP contribution in [0.1, 0.15) is 32.1 Å². The number of nitrogens with zero attached hydrogens (tertiary/aromatic N) is 1. The van der Waals surface area contributed by atoms with Gasteiger partial charge in [0.15, 0.2) is 0 Å². The van der Waals surface area contributed by atoms with Crippen LogP contribution in [0.4, 0.5) is 0 Å². The summed E-state index contributed by atoms with van der Waals surface area (Å²) < 4.78 is 0. The molecule has 3 N–H and O–H groups in total. The molecule has 1 heterocycles. The normalized spacial score (nSPS) is 27.5. The molecule has 2 rings (SSSR count). The zero-order valence-corrected chi connectivity index (χ0v) is 10.8. The summed E-state index contributed by atoms with van der Waals surface area (Å²) in [5.74, 6) is 4.81. The number of rotatable bonds is 3. The van der Waals surface area contributed by atoms with E-state index in [1.54, 1.807) is 0 Å². The van der Waals surface area contributed by atoms with Crippen LogP contribution in [0.2, 0.25) is 0 Å². The number of hydrogen-bond donors (Lipinski definition) is 2. The van der Waals surface area contributed by atoms with Crippen LogP contribution in [-0.4, -0.2) is 29.2 Å². The van der Waals surface area contributed by atoms with Gasteiger partial charge in [-0.2, -0.15) is 0 Å². The van der Waals surface area contributed by atoms with E-state index in [-0.39, 0.29) is 29.6 Å². The first kappa shape index (κ1) is 13.7. The second-order valence-corrected chi connectivity index (χ2v) is 5.20. The number of carbonyl (C=O) groups excluding carboxylic acids is 3. The van der Waals surface area contributed by atoms with Crippen LogP contribution in [0.5, 0.6) is 0 Å². The van der Waals surface area contributed by atoms with Gasteiger partial charge in [0, 0.05) is 24.6 Å². The molecule has 104 valence electrons. The van der Waals surface area contributed by atoms with Gasteiger partial charge in [-0.25, -0.2) is 5.84 Å². The van der Waals surface area contributed by atoms with Crippen LogP contribution in [0, 0.1) is 11.8 Å². The monoisotopic (exact) mass is 265 g/mol. The van der Waals surface area contributed by atoms with Gasteiger partial charge in [0.2, 0.25) is 5.91 Å². The Morgan fingerprint density at radius 3 is 2.53 bits per heavy atom. The number of amides is 3. The van der Waals surface area contributed by atoms with E-state index in [0.717, 1.165) is 32.1 Å². The number of hydrazine groups is 1. The zero-order chi connectivity index (χ0) is 13.8. The number of carbonyl (C=O) groups is 3. The van der Waals surface area contributed by atoms with E-state index in [2.05, 4.69) is 5.43 Å². The van der Waals surface area contributed by atoms with E-state index in [4.69, 9.17) is 5.84 Å². The van der Waals surface area contributed by atoms with Crippen molar-refractivity contribution in [2.75, 3.05) is 6.54 Å². The summed E-state index contributed by atoms with van der Waals surface area (Å²) >= 11 is 0. The Labute approximate surface area is 112 Å². The van der Waals surface area contributed by atoms with Gasteiger partial charge in [0.05, 0.1) is 0 Å². The van der Waals surface area contributed by atoms with Crippen molar-refractivity contribution in [1.29, 1.82) is 0 Å². The predicted octanol–water partition coefficient (Wildman–Crippen LogP) is 0.0978. The van der Waals surface area contributed by atoms with Gasteiger partial charge in [-0.05, 0) is 31.6 Å². The fourth-order valence-corrected chi connectivity index (χ4v) is 2.81. The van der Waals surface area contributed by atoms with E-state index in [1.165, 1.54) is 17.1 Å². The average molecular weight is 265 g/mol.